The summed E-state index contributed by atoms with van der Waals surface area (Å²) in [6, 6.07) is 20.7. The van der Waals surface area contributed by atoms with Crippen LogP contribution in [0.25, 0.3) is 6.08 Å². The second kappa shape index (κ2) is 9.99. The van der Waals surface area contributed by atoms with Crippen LogP contribution in [-0.2, 0) is 10.2 Å². The zero-order valence-corrected chi connectivity index (χ0v) is 20.6. The number of allylic oxidation sites excluding steroid dienone is 1. The molecule has 1 aliphatic heterocycles. The van der Waals surface area contributed by atoms with E-state index >= 15 is 0 Å². The maximum absolute atomic E-state index is 12.4. The smallest absolute Gasteiger partial charge is 0.336 e. The van der Waals surface area contributed by atoms with Crippen LogP contribution in [0.1, 0.15) is 48.9 Å². The van der Waals surface area contributed by atoms with Crippen molar-refractivity contribution in [3.05, 3.63) is 117 Å². The highest BCUT2D eigenvalue weighted by atomic mass is 16.6. The van der Waals surface area contributed by atoms with Gasteiger partial charge in [-0.25, -0.2) is 4.79 Å². The highest BCUT2D eigenvalue weighted by Gasteiger charge is 2.31. The molecule has 37 heavy (non-hydrogen) atoms. The minimum absolute atomic E-state index is 0.0382. The summed E-state index contributed by atoms with van der Waals surface area (Å²) in [7, 11) is 0. The number of nitrogens with two attached hydrogens (primary N) is 1. The third kappa shape index (κ3) is 5.52. The molecule has 3 aromatic rings. The van der Waals surface area contributed by atoms with E-state index in [2.05, 4.69) is 20.8 Å². The average molecular weight is 496 g/mol. The van der Waals surface area contributed by atoms with Crippen molar-refractivity contribution in [2.24, 2.45) is 5.73 Å². The molecule has 2 N–H and O–H groups in total. The zero-order chi connectivity index (χ0) is 26.7. The van der Waals surface area contributed by atoms with E-state index in [9.17, 15) is 20.2 Å². The number of nitrogens with zero attached hydrogens (tertiary/aromatic N) is 2. The van der Waals surface area contributed by atoms with Gasteiger partial charge in [0.1, 0.15) is 23.1 Å². The second-order valence-electron chi connectivity index (χ2n) is 9.60. The van der Waals surface area contributed by atoms with Gasteiger partial charge in [-0.15, -0.1) is 0 Å². The Morgan fingerprint density at radius 1 is 1.14 bits per heavy atom. The molecule has 1 aliphatic rings. The predicted molar refractivity (Wildman–Crippen MR) is 139 cm³/mol. The number of hydrogen-bond acceptors (Lipinski definition) is 7. The van der Waals surface area contributed by atoms with Crippen molar-refractivity contribution >= 4 is 17.7 Å². The van der Waals surface area contributed by atoms with Gasteiger partial charge < -0.3 is 15.2 Å². The lowest BCUT2D eigenvalue weighted by atomic mass is 9.83. The standard InChI is InChI=1S/C29H25N3O5/c1-29(2,3)20-10-7-18(8-11-20)9-14-26(33)36-22-12-13-23-25(16-22)37-28(31)24(17-30)27(23)19-5-4-6-21(15-19)32(34)35/h4-16,27H,31H2,1-3H3/b14-9+. The van der Waals surface area contributed by atoms with Crippen LogP contribution in [0.2, 0.25) is 0 Å². The lowest BCUT2D eigenvalue weighted by Crippen LogP contribution is -2.21. The number of esters is 1. The van der Waals surface area contributed by atoms with E-state index in [-0.39, 0.29) is 28.3 Å². The van der Waals surface area contributed by atoms with E-state index in [1.54, 1.807) is 30.3 Å². The van der Waals surface area contributed by atoms with Gasteiger partial charge in [-0.1, -0.05) is 63.2 Å². The molecule has 1 atom stereocenters. The summed E-state index contributed by atoms with van der Waals surface area (Å²) in [5.41, 5.74) is 9.22. The molecule has 0 aliphatic carbocycles. The maximum Gasteiger partial charge on any atom is 0.336 e. The normalized spacial score (nSPS) is 15.0. The minimum atomic E-state index is -0.672. The number of carbonyl (C=O) groups excluding carboxylic acids is 1. The number of hydrogen-bond donors (Lipinski definition) is 1. The van der Waals surface area contributed by atoms with Crippen molar-refractivity contribution in [2.75, 3.05) is 0 Å². The molecular weight excluding hydrogens is 470 g/mol. The lowest BCUT2D eigenvalue weighted by molar-refractivity contribution is -0.384. The molecule has 0 radical (unpaired) electrons. The van der Waals surface area contributed by atoms with Crippen LogP contribution < -0.4 is 15.2 Å². The van der Waals surface area contributed by atoms with Crippen molar-refractivity contribution in [1.29, 1.82) is 5.26 Å². The number of nitro groups is 1. The topological polar surface area (TPSA) is 128 Å². The number of fused-ring (bicyclic) bond motifs is 1. The van der Waals surface area contributed by atoms with Gasteiger partial charge in [0, 0.05) is 29.8 Å². The fraction of sp³-hybridized carbons (Fsp3) is 0.172. The second-order valence-corrected chi connectivity index (χ2v) is 9.60. The van der Waals surface area contributed by atoms with E-state index in [1.807, 2.05) is 30.3 Å². The molecule has 0 fully saturated rings. The van der Waals surface area contributed by atoms with Crippen LogP contribution in [0.15, 0.2) is 84.3 Å². The summed E-state index contributed by atoms with van der Waals surface area (Å²) in [5, 5.41) is 21.0. The van der Waals surface area contributed by atoms with Crippen LogP contribution in [0, 0.1) is 21.4 Å². The van der Waals surface area contributed by atoms with Crippen LogP contribution in [0.4, 0.5) is 5.69 Å². The molecule has 0 saturated carbocycles. The molecule has 1 unspecified atom stereocenters. The number of nitriles is 1. The number of rotatable bonds is 5. The van der Waals surface area contributed by atoms with E-state index < -0.39 is 16.8 Å². The van der Waals surface area contributed by atoms with Gasteiger partial charge in [0.2, 0.25) is 5.88 Å². The first-order valence-corrected chi connectivity index (χ1v) is 11.5. The summed E-state index contributed by atoms with van der Waals surface area (Å²) in [6.07, 6.45) is 3.00. The van der Waals surface area contributed by atoms with Gasteiger partial charge in [0.15, 0.2) is 0 Å². The van der Waals surface area contributed by atoms with Crippen molar-refractivity contribution in [3.63, 3.8) is 0 Å². The van der Waals surface area contributed by atoms with Gasteiger partial charge in [0.25, 0.3) is 5.69 Å². The van der Waals surface area contributed by atoms with Gasteiger partial charge in [-0.3, -0.25) is 10.1 Å². The van der Waals surface area contributed by atoms with Gasteiger partial charge in [0.05, 0.1) is 10.8 Å². The largest absolute Gasteiger partial charge is 0.440 e. The van der Waals surface area contributed by atoms with E-state index in [4.69, 9.17) is 15.2 Å². The van der Waals surface area contributed by atoms with Gasteiger partial charge in [-0.2, -0.15) is 5.26 Å². The Morgan fingerprint density at radius 3 is 2.51 bits per heavy atom. The number of ether oxygens (including phenoxy) is 2. The molecule has 8 nitrogen and oxygen atoms in total. The van der Waals surface area contributed by atoms with Crippen molar-refractivity contribution < 1.29 is 19.2 Å². The van der Waals surface area contributed by atoms with Crippen molar-refractivity contribution in [2.45, 2.75) is 32.1 Å². The predicted octanol–water partition coefficient (Wildman–Crippen LogP) is 5.73. The Hall–Kier alpha value is -4.90. The van der Waals surface area contributed by atoms with Crippen molar-refractivity contribution in [1.82, 2.24) is 0 Å². The Labute approximate surface area is 214 Å². The zero-order valence-electron chi connectivity index (χ0n) is 20.6. The highest BCUT2D eigenvalue weighted by Crippen LogP contribution is 2.44. The molecule has 0 aromatic heterocycles. The van der Waals surface area contributed by atoms with Crippen LogP contribution in [0.3, 0.4) is 0 Å². The summed E-state index contributed by atoms with van der Waals surface area (Å²) in [5.74, 6) is -0.849. The molecule has 0 spiro atoms. The summed E-state index contributed by atoms with van der Waals surface area (Å²) in [6.45, 7) is 6.40. The fourth-order valence-electron chi connectivity index (χ4n) is 4.07. The Bertz CT molecular complexity index is 1470. The number of carbonyl (C=O) groups is 1. The maximum atomic E-state index is 12.4. The Morgan fingerprint density at radius 2 is 1.86 bits per heavy atom. The Kier molecular flexibility index (Phi) is 6.81. The highest BCUT2D eigenvalue weighted by molar-refractivity contribution is 5.88. The first kappa shape index (κ1) is 25.2. The molecule has 1 heterocycles. The van der Waals surface area contributed by atoms with Crippen LogP contribution in [-0.4, -0.2) is 10.9 Å². The third-order valence-corrected chi connectivity index (χ3v) is 6.01. The molecule has 0 amide bonds. The van der Waals surface area contributed by atoms with E-state index in [0.717, 1.165) is 5.56 Å². The van der Waals surface area contributed by atoms with Gasteiger partial charge in [-0.05, 0) is 34.2 Å². The first-order chi connectivity index (χ1) is 17.6. The van der Waals surface area contributed by atoms with Crippen LogP contribution >= 0.6 is 0 Å². The molecule has 0 bridgehead atoms. The van der Waals surface area contributed by atoms with E-state index in [1.165, 1.54) is 29.8 Å². The number of non-ortho nitro benzene ring substituents is 1. The summed E-state index contributed by atoms with van der Waals surface area (Å²) in [4.78, 5) is 23.2. The van der Waals surface area contributed by atoms with Gasteiger partial charge >= 0.3 is 5.97 Å². The van der Waals surface area contributed by atoms with Crippen LogP contribution in [0.5, 0.6) is 11.5 Å². The summed E-state index contributed by atoms with van der Waals surface area (Å²) >= 11 is 0. The summed E-state index contributed by atoms with van der Waals surface area (Å²) < 4.78 is 11.1. The first-order valence-electron chi connectivity index (χ1n) is 11.5. The monoisotopic (exact) mass is 495 g/mol. The molecule has 3 aromatic carbocycles. The molecule has 186 valence electrons. The average Bonchev–Trinajstić information content (AvgIpc) is 2.86. The van der Waals surface area contributed by atoms with E-state index in [0.29, 0.717) is 16.9 Å². The molecular formula is C29H25N3O5. The number of benzene rings is 3. The Balaban J connectivity index is 1.56. The number of nitro benzene ring substituents is 1. The third-order valence-electron chi connectivity index (χ3n) is 6.01. The molecule has 0 saturated heterocycles. The SMILES string of the molecule is CC(C)(C)c1ccc(/C=C/C(=O)Oc2ccc3c(c2)OC(N)=C(C#N)C3c2cccc([N+](=O)[O-])c2)cc1. The molecule has 8 heteroatoms. The quantitative estimate of drug-likeness (QED) is 0.157. The minimum Gasteiger partial charge on any atom is -0.440 e. The molecule has 4 rings (SSSR count). The lowest BCUT2D eigenvalue weighted by Gasteiger charge is -2.26. The fourth-order valence-corrected chi connectivity index (χ4v) is 4.07. The van der Waals surface area contributed by atoms with Crippen molar-refractivity contribution in [3.8, 4) is 17.6 Å².